The van der Waals surface area contributed by atoms with Crippen LogP contribution >= 0.6 is 0 Å². The monoisotopic (exact) mass is 347 g/mol. The van der Waals surface area contributed by atoms with Gasteiger partial charge in [0.2, 0.25) is 11.7 Å². The lowest BCUT2D eigenvalue weighted by Crippen LogP contribution is -2.60. The van der Waals surface area contributed by atoms with E-state index in [4.69, 9.17) is 14.9 Å². The van der Waals surface area contributed by atoms with Crippen molar-refractivity contribution in [1.82, 2.24) is 5.32 Å². The number of hydrogen-bond acceptors (Lipinski definition) is 7. The maximum absolute atomic E-state index is 12.0. The van der Waals surface area contributed by atoms with Crippen LogP contribution in [0.3, 0.4) is 0 Å². The Hall–Kier alpha value is -1.68. The highest BCUT2D eigenvalue weighted by atomic mass is 16.5. The number of carboxylic acids is 1. The maximum atomic E-state index is 12.0. The van der Waals surface area contributed by atoms with E-state index in [9.17, 15) is 24.9 Å². The molecule has 1 rings (SSSR count). The number of nitrogens with one attached hydrogen (secondary N) is 1. The summed E-state index contributed by atoms with van der Waals surface area (Å²) in [5.41, 5.74) is 0. The number of amides is 1. The van der Waals surface area contributed by atoms with Gasteiger partial charge in [-0.05, 0) is 18.4 Å². The number of aliphatic hydroxyl groups excluding tert-OH is 4. The summed E-state index contributed by atoms with van der Waals surface area (Å²) in [5.74, 6) is -2.18. The predicted octanol–water partition coefficient (Wildman–Crippen LogP) is -1.65. The summed E-state index contributed by atoms with van der Waals surface area (Å²) in [6, 6.07) is -1.16. The zero-order valence-corrected chi connectivity index (χ0v) is 13.6. The van der Waals surface area contributed by atoms with Crippen molar-refractivity contribution >= 4 is 11.9 Å². The fraction of sp³-hybridized carbons (Fsp3) is 0.733. The summed E-state index contributed by atoms with van der Waals surface area (Å²) in [4.78, 5) is 23.0. The van der Waals surface area contributed by atoms with E-state index in [-0.39, 0.29) is 6.42 Å². The highest BCUT2D eigenvalue weighted by molar-refractivity contribution is 5.84. The Bertz CT molecular complexity index is 478. The molecule has 5 atom stereocenters. The molecule has 0 fully saturated rings. The first kappa shape index (κ1) is 20.4. The first-order valence-electron chi connectivity index (χ1n) is 7.73. The van der Waals surface area contributed by atoms with Gasteiger partial charge in [-0.15, -0.1) is 0 Å². The van der Waals surface area contributed by atoms with Crippen LogP contribution in [-0.4, -0.2) is 74.5 Å². The fourth-order valence-electron chi connectivity index (χ4n) is 2.29. The molecule has 0 aromatic rings. The van der Waals surface area contributed by atoms with Gasteiger partial charge in [-0.3, -0.25) is 4.79 Å². The molecule has 1 amide bonds. The largest absolute Gasteiger partial charge is 0.478 e. The molecule has 0 bridgehead atoms. The van der Waals surface area contributed by atoms with Crippen molar-refractivity contribution < 1.29 is 39.9 Å². The van der Waals surface area contributed by atoms with Crippen LogP contribution in [0.1, 0.15) is 26.7 Å². The molecule has 0 saturated heterocycles. The Morgan fingerprint density at radius 2 is 1.96 bits per heavy atom. The van der Waals surface area contributed by atoms with Gasteiger partial charge in [-0.1, -0.05) is 13.8 Å². The molecule has 0 unspecified atom stereocenters. The lowest BCUT2D eigenvalue weighted by atomic mass is 9.93. The molecular weight excluding hydrogens is 322 g/mol. The van der Waals surface area contributed by atoms with E-state index in [1.165, 1.54) is 0 Å². The number of hydrogen-bond donors (Lipinski definition) is 6. The van der Waals surface area contributed by atoms with Gasteiger partial charge >= 0.3 is 5.97 Å². The zero-order valence-electron chi connectivity index (χ0n) is 13.6. The summed E-state index contributed by atoms with van der Waals surface area (Å²) < 4.78 is 5.11. The minimum absolute atomic E-state index is 0.182. The Balaban J connectivity index is 2.94. The summed E-state index contributed by atoms with van der Waals surface area (Å²) >= 11 is 0. The van der Waals surface area contributed by atoms with Gasteiger partial charge in [-0.25, -0.2) is 4.79 Å². The summed E-state index contributed by atoms with van der Waals surface area (Å²) in [5, 5.41) is 50.1. The third kappa shape index (κ3) is 5.45. The highest BCUT2D eigenvalue weighted by Gasteiger charge is 2.43. The first-order chi connectivity index (χ1) is 11.2. The van der Waals surface area contributed by atoms with Gasteiger partial charge in [0.25, 0.3) is 0 Å². The number of rotatable bonds is 8. The lowest BCUT2D eigenvalue weighted by molar-refractivity contribution is -0.149. The molecular formula is C15H25NO8. The molecule has 6 N–H and O–H groups in total. The van der Waals surface area contributed by atoms with E-state index in [2.05, 4.69) is 5.32 Å². The number of carbonyl (C=O) groups excluding carboxylic acids is 1. The van der Waals surface area contributed by atoms with E-state index < -0.39 is 54.7 Å². The molecule has 0 aromatic carbocycles. The molecule has 1 heterocycles. The normalized spacial score (nSPS) is 26.3. The second kappa shape index (κ2) is 8.97. The van der Waals surface area contributed by atoms with Crippen LogP contribution in [0.15, 0.2) is 11.8 Å². The molecule has 0 aliphatic carbocycles. The van der Waals surface area contributed by atoms with Crippen LogP contribution in [0.25, 0.3) is 0 Å². The number of aliphatic carboxylic acids is 1. The van der Waals surface area contributed by atoms with Crippen LogP contribution in [0.2, 0.25) is 0 Å². The number of aliphatic hydroxyl groups is 4. The molecule has 0 radical (unpaired) electrons. The predicted molar refractivity (Wildman–Crippen MR) is 81.7 cm³/mol. The summed E-state index contributed by atoms with van der Waals surface area (Å²) in [6.45, 7) is 3.09. The van der Waals surface area contributed by atoms with E-state index in [0.29, 0.717) is 12.3 Å². The lowest BCUT2D eigenvalue weighted by Gasteiger charge is -2.38. The van der Waals surface area contributed by atoms with Crippen molar-refractivity contribution in [1.29, 1.82) is 0 Å². The van der Waals surface area contributed by atoms with E-state index in [0.717, 1.165) is 6.08 Å². The fourth-order valence-corrected chi connectivity index (χ4v) is 2.29. The Labute approximate surface area is 139 Å². The van der Waals surface area contributed by atoms with Crippen LogP contribution in [0.4, 0.5) is 0 Å². The third-order valence-electron chi connectivity index (χ3n) is 3.71. The molecule has 9 heteroatoms. The van der Waals surface area contributed by atoms with Gasteiger partial charge in [-0.2, -0.15) is 0 Å². The van der Waals surface area contributed by atoms with Crippen molar-refractivity contribution in [2.45, 2.75) is 57.1 Å². The average molecular weight is 347 g/mol. The zero-order chi connectivity index (χ0) is 18.4. The van der Waals surface area contributed by atoms with Crippen molar-refractivity contribution in [2.75, 3.05) is 6.61 Å². The average Bonchev–Trinajstić information content (AvgIpc) is 2.52. The van der Waals surface area contributed by atoms with E-state index in [1.807, 2.05) is 13.8 Å². The second-order valence-electron chi connectivity index (χ2n) is 6.18. The standard InChI is InChI=1S/C15H25NO8/c1-7(2)3-4-11(20)16-12-8(18)5-10(15(22)23)24-14(12)13(21)9(19)6-17/h5,7-9,12-14,17-19,21H,3-4,6H2,1-2H3,(H,16,20)(H,22,23)/t8-,9+,12+,13+,14+/m0/s1. The van der Waals surface area contributed by atoms with Gasteiger partial charge in [0.15, 0.2) is 6.10 Å². The number of carboxylic acid groups (broad SMARTS) is 1. The molecule has 24 heavy (non-hydrogen) atoms. The van der Waals surface area contributed by atoms with Crippen LogP contribution in [-0.2, 0) is 14.3 Å². The van der Waals surface area contributed by atoms with Crippen molar-refractivity contribution in [2.24, 2.45) is 5.92 Å². The van der Waals surface area contributed by atoms with Crippen molar-refractivity contribution in [3.8, 4) is 0 Å². The molecule has 0 spiro atoms. The van der Waals surface area contributed by atoms with Gasteiger partial charge < -0.3 is 35.6 Å². The van der Waals surface area contributed by atoms with Gasteiger partial charge in [0.1, 0.15) is 18.3 Å². The van der Waals surface area contributed by atoms with Crippen molar-refractivity contribution in [3.63, 3.8) is 0 Å². The molecule has 0 aromatic heterocycles. The molecule has 0 saturated carbocycles. The Morgan fingerprint density at radius 3 is 2.46 bits per heavy atom. The number of ether oxygens (including phenoxy) is 1. The smallest absolute Gasteiger partial charge is 0.370 e. The maximum Gasteiger partial charge on any atom is 0.370 e. The van der Waals surface area contributed by atoms with Crippen molar-refractivity contribution in [3.05, 3.63) is 11.8 Å². The summed E-state index contributed by atoms with van der Waals surface area (Å²) in [6.07, 6.45) is -4.49. The molecule has 1 aliphatic heterocycles. The molecule has 138 valence electrons. The van der Waals surface area contributed by atoms with Crippen LogP contribution in [0.5, 0.6) is 0 Å². The Morgan fingerprint density at radius 1 is 1.33 bits per heavy atom. The third-order valence-corrected chi connectivity index (χ3v) is 3.71. The minimum Gasteiger partial charge on any atom is -0.478 e. The van der Waals surface area contributed by atoms with E-state index in [1.54, 1.807) is 0 Å². The topological polar surface area (TPSA) is 157 Å². The Kier molecular flexibility index (Phi) is 7.61. The van der Waals surface area contributed by atoms with Gasteiger partial charge in [0, 0.05) is 6.42 Å². The first-order valence-corrected chi connectivity index (χ1v) is 7.73. The van der Waals surface area contributed by atoms with Crippen LogP contribution < -0.4 is 5.32 Å². The van der Waals surface area contributed by atoms with Gasteiger partial charge in [0.05, 0.1) is 12.6 Å². The molecule has 1 aliphatic rings. The second-order valence-corrected chi connectivity index (χ2v) is 6.18. The summed E-state index contributed by atoms with van der Waals surface area (Å²) in [7, 11) is 0. The van der Waals surface area contributed by atoms with Crippen LogP contribution in [0, 0.1) is 5.92 Å². The molecule has 9 nitrogen and oxygen atoms in total. The SMILES string of the molecule is CC(C)CCC(=O)N[C@H]1[C@H]([C@H](O)[C@H](O)CO)OC(C(=O)O)=C[C@@H]1O. The quantitative estimate of drug-likeness (QED) is 0.305. The highest BCUT2D eigenvalue weighted by Crippen LogP contribution is 2.23. The minimum atomic E-state index is -1.71. The number of carbonyl (C=O) groups is 2. The van der Waals surface area contributed by atoms with E-state index >= 15 is 0 Å².